The number of carbonyl (C=O) groups is 1. The standard InChI is InChI=1S/C31H40N2O9S3/c1-20(2)18-33(45(38,39)23-9-10-25-28(17-23)43-31(32-25)44(3,36)37)19-26(34)22(15-21-7-5-4-6-8-21)16-29(35)42-27-12-14-41-30-24(27)11-13-40-30/h4-10,17,20,22,24,26-27,30,34H,11-16,18-19H2,1-3H3/t22-,24?,26-,27+,30-/m1/s1. The molecule has 0 radical (unpaired) electrons. The third kappa shape index (κ3) is 8.28. The van der Waals surface area contributed by atoms with Gasteiger partial charge in [0.15, 0.2) is 6.29 Å². The summed E-state index contributed by atoms with van der Waals surface area (Å²) in [7, 11) is -7.67. The average Bonchev–Trinajstić information content (AvgIpc) is 3.64. The van der Waals surface area contributed by atoms with Crippen molar-refractivity contribution in [2.45, 2.75) is 67.3 Å². The lowest BCUT2D eigenvalue weighted by Gasteiger charge is -2.33. The van der Waals surface area contributed by atoms with Gasteiger partial charge in [-0.05, 0) is 42.5 Å². The van der Waals surface area contributed by atoms with E-state index in [1.165, 1.54) is 22.5 Å². The molecule has 0 aliphatic carbocycles. The van der Waals surface area contributed by atoms with Crippen LogP contribution >= 0.6 is 11.3 Å². The van der Waals surface area contributed by atoms with Crippen LogP contribution in [0.2, 0.25) is 0 Å². The fourth-order valence-electron chi connectivity index (χ4n) is 5.85. The van der Waals surface area contributed by atoms with E-state index in [9.17, 15) is 26.7 Å². The average molecular weight is 681 g/mol. The van der Waals surface area contributed by atoms with E-state index in [1.807, 2.05) is 44.2 Å². The van der Waals surface area contributed by atoms with Crippen molar-refractivity contribution in [3.8, 4) is 0 Å². The van der Waals surface area contributed by atoms with Crippen LogP contribution in [-0.2, 0) is 45.3 Å². The lowest BCUT2D eigenvalue weighted by molar-refractivity contribution is -0.195. The number of thiazole rings is 1. The number of carbonyl (C=O) groups excluding carboxylic acids is 1. The molecule has 1 N–H and O–H groups in total. The SMILES string of the molecule is CC(C)CN(C[C@@H](O)[C@@H](CC(=O)O[C@H]1CCO[C@H]2OCCC21)Cc1ccccc1)S(=O)(=O)c1ccc2nc(S(C)(=O)=O)sc2c1. The van der Waals surface area contributed by atoms with Crippen molar-refractivity contribution in [2.75, 3.05) is 32.6 Å². The smallest absolute Gasteiger partial charge is 0.306 e. The second-order valence-electron chi connectivity index (χ2n) is 12.2. The molecule has 1 aromatic heterocycles. The van der Waals surface area contributed by atoms with Crippen LogP contribution in [0, 0.1) is 17.8 Å². The molecule has 5 rings (SSSR count). The summed E-state index contributed by atoms with van der Waals surface area (Å²) in [6.07, 6.45) is 0.711. The Bertz CT molecular complexity index is 1690. The van der Waals surface area contributed by atoms with Gasteiger partial charge in [-0.3, -0.25) is 4.79 Å². The van der Waals surface area contributed by atoms with E-state index >= 15 is 0 Å². The normalized spacial score (nSPS) is 22.0. The highest BCUT2D eigenvalue weighted by Gasteiger charge is 2.41. The van der Waals surface area contributed by atoms with E-state index in [0.29, 0.717) is 36.3 Å². The molecule has 14 heteroatoms. The minimum absolute atomic E-state index is 0.0292. The number of aliphatic hydroxyl groups is 1. The van der Waals surface area contributed by atoms with Crippen LogP contribution in [0.1, 0.15) is 38.7 Å². The van der Waals surface area contributed by atoms with Crippen LogP contribution in [0.5, 0.6) is 0 Å². The number of esters is 1. The van der Waals surface area contributed by atoms with Crippen molar-refractivity contribution in [1.82, 2.24) is 9.29 Å². The monoisotopic (exact) mass is 680 g/mol. The summed E-state index contributed by atoms with van der Waals surface area (Å²) in [5.74, 6) is -1.18. The Labute approximate surface area is 268 Å². The quantitative estimate of drug-likeness (QED) is 0.265. The van der Waals surface area contributed by atoms with E-state index < -0.39 is 37.9 Å². The zero-order chi connectivity index (χ0) is 32.4. The van der Waals surface area contributed by atoms with Crippen LogP contribution in [-0.4, -0.2) is 88.3 Å². The molecule has 2 aromatic carbocycles. The summed E-state index contributed by atoms with van der Waals surface area (Å²) in [5, 5.41) is 11.6. The van der Waals surface area contributed by atoms with Gasteiger partial charge in [0.2, 0.25) is 24.2 Å². The largest absolute Gasteiger partial charge is 0.462 e. The molecule has 0 spiro atoms. The second-order valence-corrected chi connectivity index (χ2v) is 17.4. The number of sulfone groups is 1. The third-order valence-electron chi connectivity index (χ3n) is 8.10. The van der Waals surface area contributed by atoms with Crippen molar-refractivity contribution >= 4 is 47.4 Å². The van der Waals surface area contributed by atoms with Gasteiger partial charge < -0.3 is 19.3 Å². The first-order chi connectivity index (χ1) is 21.3. The number of hydrogen-bond donors (Lipinski definition) is 1. The van der Waals surface area contributed by atoms with E-state index in [0.717, 1.165) is 29.6 Å². The summed E-state index contributed by atoms with van der Waals surface area (Å²) in [6, 6.07) is 13.7. The maximum atomic E-state index is 14.0. The Kier molecular flexibility index (Phi) is 10.6. The number of rotatable bonds is 13. The van der Waals surface area contributed by atoms with E-state index in [2.05, 4.69) is 4.98 Å². The van der Waals surface area contributed by atoms with Crippen LogP contribution in [0.15, 0.2) is 57.8 Å². The molecule has 246 valence electrons. The molecule has 3 aromatic rings. The Hall–Kier alpha value is -2.46. The molecule has 5 atom stereocenters. The Morgan fingerprint density at radius 3 is 2.47 bits per heavy atom. The minimum atomic E-state index is -4.12. The lowest BCUT2D eigenvalue weighted by Crippen LogP contribution is -2.43. The van der Waals surface area contributed by atoms with E-state index in [1.54, 1.807) is 0 Å². The summed E-state index contributed by atoms with van der Waals surface area (Å²) in [6.45, 7) is 4.63. The maximum Gasteiger partial charge on any atom is 0.306 e. The number of hydrogen-bond acceptors (Lipinski definition) is 11. The Morgan fingerprint density at radius 1 is 1.07 bits per heavy atom. The maximum absolute atomic E-state index is 14.0. The van der Waals surface area contributed by atoms with Crippen LogP contribution in [0.3, 0.4) is 0 Å². The zero-order valence-corrected chi connectivity index (χ0v) is 28.0. The molecule has 0 amide bonds. The molecule has 2 saturated heterocycles. The van der Waals surface area contributed by atoms with Gasteiger partial charge >= 0.3 is 5.97 Å². The second kappa shape index (κ2) is 14.1. The molecule has 45 heavy (non-hydrogen) atoms. The van der Waals surface area contributed by atoms with Crippen LogP contribution in [0.4, 0.5) is 0 Å². The van der Waals surface area contributed by atoms with Crippen molar-refractivity contribution < 1.29 is 40.9 Å². The Balaban J connectivity index is 1.37. The van der Waals surface area contributed by atoms with Gasteiger partial charge in [-0.25, -0.2) is 21.8 Å². The number of aliphatic hydroxyl groups excluding tert-OH is 1. The van der Waals surface area contributed by atoms with Gasteiger partial charge in [0, 0.05) is 37.6 Å². The summed E-state index contributed by atoms with van der Waals surface area (Å²) >= 11 is 0.908. The highest BCUT2D eigenvalue weighted by atomic mass is 32.2. The first kappa shape index (κ1) is 33.9. The van der Waals surface area contributed by atoms with E-state index in [4.69, 9.17) is 14.2 Å². The van der Waals surface area contributed by atoms with Gasteiger partial charge in [0.25, 0.3) is 0 Å². The highest BCUT2D eigenvalue weighted by molar-refractivity contribution is 7.92. The topological polar surface area (TPSA) is 149 Å². The van der Waals surface area contributed by atoms with Crippen molar-refractivity contribution in [1.29, 1.82) is 0 Å². The molecule has 11 nitrogen and oxygen atoms in total. The zero-order valence-electron chi connectivity index (χ0n) is 25.6. The molecule has 2 fully saturated rings. The number of ether oxygens (including phenoxy) is 3. The number of nitrogens with zero attached hydrogens (tertiary/aromatic N) is 2. The molecular weight excluding hydrogens is 641 g/mol. The summed E-state index contributed by atoms with van der Waals surface area (Å²) in [4.78, 5) is 17.4. The minimum Gasteiger partial charge on any atom is -0.462 e. The first-order valence-electron chi connectivity index (χ1n) is 15.1. The van der Waals surface area contributed by atoms with Gasteiger partial charge in [-0.2, -0.15) is 4.31 Å². The molecule has 1 unspecified atom stereocenters. The summed E-state index contributed by atoms with van der Waals surface area (Å²) < 4.78 is 70.7. The third-order valence-corrected chi connectivity index (χ3v) is 12.6. The molecule has 2 aliphatic rings. The number of sulfonamides is 1. The number of benzene rings is 2. The van der Waals surface area contributed by atoms with Crippen LogP contribution < -0.4 is 0 Å². The fourth-order valence-corrected chi connectivity index (χ4v) is 9.45. The Morgan fingerprint density at radius 2 is 1.78 bits per heavy atom. The molecule has 2 aliphatic heterocycles. The molecule has 3 heterocycles. The lowest BCUT2D eigenvalue weighted by atomic mass is 9.90. The fraction of sp³-hybridized carbons (Fsp3) is 0.548. The van der Waals surface area contributed by atoms with Crippen LogP contribution in [0.25, 0.3) is 10.2 Å². The van der Waals surface area contributed by atoms with Crippen molar-refractivity contribution in [3.63, 3.8) is 0 Å². The van der Waals surface area contributed by atoms with Crippen molar-refractivity contribution in [3.05, 3.63) is 54.1 Å². The van der Waals surface area contributed by atoms with E-state index in [-0.39, 0.29) is 53.0 Å². The number of fused-ring (bicyclic) bond motifs is 2. The molecular formula is C31H40N2O9S3. The summed E-state index contributed by atoms with van der Waals surface area (Å²) in [5.41, 5.74) is 1.29. The predicted octanol–water partition coefficient (Wildman–Crippen LogP) is 3.65. The first-order valence-corrected chi connectivity index (χ1v) is 19.2. The highest BCUT2D eigenvalue weighted by Crippen LogP contribution is 2.34. The van der Waals surface area contributed by atoms with Crippen molar-refractivity contribution in [2.24, 2.45) is 17.8 Å². The molecule has 0 bridgehead atoms. The van der Waals surface area contributed by atoms with Gasteiger partial charge in [0.05, 0.1) is 40.9 Å². The van der Waals surface area contributed by atoms with Gasteiger partial charge in [-0.1, -0.05) is 44.2 Å². The van der Waals surface area contributed by atoms with Gasteiger partial charge in [-0.15, -0.1) is 11.3 Å². The van der Waals surface area contributed by atoms with Gasteiger partial charge in [0.1, 0.15) is 6.10 Å². The predicted molar refractivity (Wildman–Crippen MR) is 169 cm³/mol. The number of aromatic nitrogens is 1. The molecule has 0 saturated carbocycles.